The average molecular weight is 217 g/mol. The molecule has 1 atom stereocenters. The third kappa shape index (κ3) is 2.26. The van der Waals surface area contributed by atoms with Gasteiger partial charge in [0.2, 0.25) is 0 Å². The number of nitrogens with zero attached hydrogens (tertiary/aromatic N) is 2. The molecule has 5 heteroatoms. The molecule has 0 radical (unpaired) electrons. The Bertz CT molecular complexity index is 304. The van der Waals surface area contributed by atoms with Gasteiger partial charge in [0, 0.05) is 19.5 Å². The van der Waals surface area contributed by atoms with Crippen LogP contribution in [-0.2, 0) is 13.5 Å². The van der Waals surface area contributed by atoms with Crippen molar-refractivity contribution in [2.75, 3.05) is 0 Å². The van der Waals surface area contributed by atoms with E-state index in [-0.39, 0.29) is 6.04 Å². The number of nitrogens with two attached hydrogens (primary N) is 1. The first-order valence-corrected chi connectivity index (χ1v) is 5.12. The van der Waals surface area contributed by atoms with E-state index in [1.165, 1.54) is 0 Å². The van der Waals surface area contributed by atoms with Gasteiger partial charge in [-0.25, -0.2) is 0 Å². The van der Waals surface area contributed by atoms with Crippen LogP contribution in [0.1, 0.15) is 24.7 Å². The van der Waals surface area contributed by atoms with Crippen LogP contribution in [0.5, 0.6) is 0 Å². The first-order valence-electron chi connectivity index (χ1n) is 4.74. The molecule has 1 aromatic rings. The Morgan fingerprint density at radius 1 is 1.64 bits per heavy atom. The average Bonchev–Trinajstić information content (AvgIpc) is 2.40. The van der Waals surface area contributed by atoms with Crippen molar-refractivity contribution in [3.8, 4) is 0 Å². The van der Waals surface area contributed by atoms with Crippen molar-refractivity contribution in [1.29, 1.82) is 0 Å². The smallest absolute Gasteiger partial charge is 0.0847 e. The molecule has 80 valence electrons. The van der Waals surface area contributed by atoms with Gasteiger partial charge in [0.25, 0.3) is 0 Å². The minimum absolute atomic E-state index is 0.252. The maximum atomic E-state index is 6.12. The lowest BCUT2D eigenvalue weighted by Crippen LogP contribution is -2.36. The van der Waals surface area contributed by atoms with E-state index >= 15 is 0 Å². The SMILES string of the molecule is CCC(Cc1c(Cl)c(C)nn1C)NN. The van der Waals surface area contributed by atoms with Gasteiger partial charge in [-0.3, -0.25) is 16.0 Å². The fraction of sp³-hybridized carbons (Fsp3) is 0.667. The highest BCUT2D eigenvalue weighted by atomic mass is 35.5. The summed E-state index contributed by atoms with van der Waals surface area (Å²) in [5, 5.41) is 5.00. The molecule has 14 heavy (non-hydrogen) atoms. The highest BCUT2D eigenvalue weighted by molar-refractivity contribution is 6.31. The van der Waals surface area contributed by atoms with Crippen LogP contribution in [0.2, 0.25) is 5.02 Å². The second-order valence-corrected chi connectivity index (χ2v) is 3.82. The van der Waals surface area contributed by atoms with Gasteiger partial charge in [0.15, 0.2) is 0 Å². The van der Waals surface area contributed by atoms with E-state index in [1.807, 2.05) is 18.7 Å². The van der Waals surface area contributed by atoms with Crippen molar-refractivity contribution in [3.05, 3.63) is 16.4 Å². The molecule has 0 aromatic carbocycles. The molecule has 0 saturated heterocycles. The lowest BCUT2D eigenvalue weighted by Gasteiger charge is -2.13. The second kappa shape index (κ2) is 4.77. The van der Waals surface area contributed by atoms with E-state index in [4.69, 9.17) is 17.4 Å². The summed E-state index contributed by atoms with van der Waals surface area (Å²) >= 11 is 6.12. The second-order valence-electron chi connectivity index (χ2n) is 3.45. The number of hydrogen-bond donors (Lipinski definition) is 2. The van der Waals surface area contributed by atoms with E-state index in [0.717, 1.165) is 29.3 Å². The van der Waals surface area contributed by atoms with Crippen LogP contribution < -0.4 is 11.3 Å². The van der Waals surface area contributed by atoms with Gasteiger partial charge < -0.3 is 0 Å². The summed E-state index contributed by atoms with van der Waals surface area (Å²) in [5.41, 5.74) is 4.67. The lowest BCUT2D eigenvalue weighted by molar-refractivity contribution is 0.495. The van der Waals surface area contributed by atoms with E-state index in [1.54, 1.807) is 0 Å². The molecule has 0 saturated carbocycles. The fourth-order valence-corrected chi connectivity index (χ4v) is 1.69. The van der Waals surface area contributed by atoms with Crippen LogP contribution in [0.3, 0.4) is 0 Å². The summed E-state index contributed by atoms with van der Waals surface area (Å²) in [6.45, 7) is 3.99. The van der Waals surface area contributed by atoms with Gasteiger partial charge in [0.05, 0.1) is 16.4 Å². The Morgan fingerprint density at radius 2 is 2.29 bits per heavy atom. The Morgan fingerprint density at radius 3 is 2.64 bits per heavy atom. The first kappa shape index (κ1) is 11.5. The lowest BCUT2D eigenvalue weighted by atomic mass is 10.1. The molecule has 0 aliphatic carbocycles. The molecule has 1 heterocycles. The minimum Gasteiger partial charge on any atom is -0.271 e. The van der Waals surface area contributed by atoms with E-state index in [9.17, 15) is 0 Å². The van der Waals surface area contributed by atoms with E-state index < -0.39 is 0 Å². The number of hydrazine groups is 1. The summed E-state index contributed by atoms with van der Waals surface area (Å²) < 4.78 is 1.82. The zero-order valence-electron chi connectivity index (χ0n) is 8.84. The molecule has 4 nitrogen and oxygen atoms in total. The van der Waals surface area contributed by atoms with Crippen molar-refractivity contribution in [3.63, 3.8) is 0 Å². The topological polar surface area (TPSA) is 55.9 Å². The summed E-state index contributed by atoms with van der Waals surface area (Å²) in [6, 6.07) is 0.252. The van der Waals surface area contributed by atoms with Crippen LogP contribution in [0.25, 0.3) is 0 Å². The minimum atomic E-state index is 0.252. The van der Waals surface area contributed by atoms with Gasteiger partial charge in [-0.15, -0.1) is 0 Å². The highest BCUT2D eigenvalue weighted by Crippen LogP contribution is 2.20. The van der Waals surface area contributed by atoms with Crippen molar-refractivity contribution in [2.24, 2.45) is 12.9 Å². The molecular weight excluding hydrogens is 200 g/mol. The van der Waals surface area contributed by atoms with E-state index in [0.29, 0.717) is 0 Å². The summed E-state index contributed by atoms with van der Waals surface area (Å²) in [6.07, 6.45) is 1.78. The number of nitrogens with one attached hydrogen (secondary N) is 1. The van der Waals surface area contributed by atoms with Crippen molar-refractivity contribution in [2.45, 2.75) is 32.7 Å². The van der Waals surface area contributed by atoms with Crippen LogP contribution in [0.4, 0.5) is 0 Å². The molecular formula is C9H17ClN4. The first-order chi connectivity index (χ1) is 6.60. The van der Waals surface area contributed by atoms with Gasteiger partial charge in [-0.05, 0) is 13.3 Å². The number of aryl methyl sites for hydroxylation is 2. The molecule has 0 fully saturated rings. The Labute approximate surface area is 89.4 Å². The Hall–Kier alpha value is -0.580. The van der Waals surface area contributed by atoms with Crippen molar-refractivity contribution < 1.29 is 0 Å². The largest absolute Gasteiger partial charge is 0.271 e. The molecule has 0 aliphatic heterocycles. The van der Waals surface area contributed by atoms with Gasteiger partial charge in [0.1, 0.15) is 0 Å². The molecule has 0 aliphatic rings. The third-order valence-electron chi connectivity index (χ3n) is 2.43. The van der Waals surface area contributed by atoms with Gasteiger partial charge in [-0.2, -0.15) is 5.10 Å². The standard InChI is InChI=1S/C9H17ClN4/c1-4-7(12-11)5-8-9(10)6(2)13-14(8)3/h7,12H,4-5,11H2,1-3H3. The normalized spacial score (nSPS) is 13.2. The van der Waals surface area contributed by atoms with Gasteiger partial charge in [-0.1, -0.05) is 18.5 Å². The Balaban J connectivity index is 2.84. The van der Waals surface area contributed by atoms with Crippen LogP contribution in [0.15, 0.2) is 0 Å². The zero-order chi connectivity index (χ0) is 10.7. The van der Waals surface area contributed by atoms with Crippen molar-refractivity contribution in [1.82, 2.24) is 15.2 Å². The maximum absolute atomic E-state index is 6.12. The highest BCUT2D eigenvalue weighted by Gasteiger charge is 2.14. The molecule has 0 amide bonds. The van der Waals surface area contributed by atoms with Crippen molar-refractivity contribution >= 4 is 11.6 Å². The number of rotatable bonds is 4. The number of halogens is 1. The van der Waals surface area contributed by atoms with Crippen LogP contribution >= 0.6 is 11.6 Å². The molecule has 1 aromatic heterocycles. The van der Waals surface area contributed by atoms with Crippen LogP contribution in [0, 0.1) is 6.92 Å². The summed E-state index contributed by atoms with van der Waals surface area (Å²) in [7, 11) is 1.90. The third-order valence-corrected chi connectivity index (χ3v) is 2.92. The summed E-state index contributed by atoms with van der Waals surface area (Å²) in [5.74, 6) is 5.42. The molecule has 0 bridgehead atoms. The maximum Gasteiger partial charge on any atom is 0.0847 e. The molecule has 0 spiro atoms. The molecule has 3 N–H and O–H groups in total. The fourth-order valence-electron chi connectivity index (χ4n) is 1.46. The van der Waals surface area contributed by atoms with Crippen LogP contribution in [-0.4, -0.2) is 15.8 Å². The van der Waals surface area contributed by atoms with E-state index in [2.05, 4.69) is 17.4 Å². The predicted molar refractivity (Wildman–Crippen MR) is 58.1 cm³/mol. The summed E-state index contributed by atoms with van der Waals surface area (Å²) in [4.78, 5) is 0. The Kier molecular flexibility index (Phi) is 3.92. The zero-order valence-corrected chi connectivity index (χ0v) is 9.60. The molecule has 1 rings (SSSR count). The number of hydrogen-bond acceptors (Lipinski definition) is 3. The quantitative estimate of drug-likeness (QED) is 0.587. The number of aromatic nitrogens is 2. The monoisotopic (exact) mass is 216 g/mol. The van der Waals surface area contributed by atoms with Gasteiger partial charge >= 0.3 is 0 Å². The molecule has 1 unspecified atom stereocenters. The predicted octanol–water partition coefficient (Wildman–Crippen LogP) is 1.17.